The second kappa shape index (κ2) is 6.93. The summed E-state index contributed by atoms with van der Waals surface area (Å²) in [5, 5.41) is 3.38. The molecular formula is C18H27ClN2O4S. The summed E-state index contributed by atoms with van der Waals surface area (Å²) in [6, 6.07) is 4.70. The van der Waals surface area contributed by atoms with E-state index in [1.807, 2.05) is 13.8 Å². The average Bonchev–Trinajstić information content (AvgIpc) is 2.41. The van der Waals surface area contributed by atoms with Crippen molar-refractivity contribution in [1.82, 2.24) is 5.32 Å². The van der Waals surface area contributed by atoms with Gasteiger partial charge in [0.15, 0.2) is 6.10 Å². The third kappa shape index (κ3) is 5.27. The van der Waals surface area contributed by atoms with Crippen molar-refractivity contribution >= 4 is 33.2 Å². The molecule has 26 heavy (non-hydrogen) atoms. The molecular weight excluding hydrogens is 376 g/mol. The highest BCUT2D eigenvalue weighted by atomic mass is 35.5. The number of nitrogens with one attached hydrogen (secondary N) is 1. The number of benzene rings is 1. The molecule has 1 N–H and O–H groups in total. The third-order valence-electron chi connectivity index (χ3n) is 3.92. The molecule has 0 saturated heterocycles. The highest BCUT2D eigenvalue weighted by molar-refractivity contribution is 7.92. The van der Waals surface area contributed by atoms with Crippen LogP contribution in [0.4, 0.5) is 5.69 Å². The first-order valence-electron chi connectivity index (χ1n) is 8.44. The summed E-state index contributed by atoms with van der Waals surface area (Å²) in [6.45, 7) is 10.1. The lowest BCUT2D eigenvalue weighted by Crippen LogP contribution is -2.55. The number of hydrogen-bond donors (Lipinski definition) is 1. The van der Waals surface area contributed by atoms with Crippen molar-refractivity contribution in [2.45, 2.75) is 52.7 Å². The molecule has 0 spiro atoms. The van der Waals surface area contributed by atoms with Crippen molar-refractivity contribution in [2.24, 2.45) is 5.41 Å². The Bertz CT molecular complexity index is 800. The lowest BCUT2D eigenvalue weighted by molar-refractivity contribution is -0.129. The van der Waals surface area contributed by atoms with Crippen LogP contribution in [0.15, 0.2) is 18.2 Å². The first-order valence-corrected chi connectivity index (χ1v) is 10.7. The normalized spacial score (nSPS) is 18.1. The summed E-state index contributed by atoms with van der Waals surface area (Å²) in [6.07, 6.45) is 0.930. The van der Waals surface area contributed by atoms with E-state index in [-0.39, 0.29) is 17.9 Å². The van der Waals surface area contributed by atoms with Crippen LogP contribution < -0.4 is 14.4 Å². The highest BCUT2D eigenvalue weighted by Gasteiger charge is 2.37. The van der Waals surface area contributed by atoms with Gasteiger partial charge in [0.05, 0.1) is 18.5 Å². The lowest BCUT2D eigenvalue weighted by atomic mass is 9.81. The van der Waals surface area contributed by atoms with Crippen LogP contribution in [-0.4, -0.2) is 38.8 Å². The van der Waals surface area contributed by atoms with E-state index in [2.05, 4.69) is 26.1 Å². The van der Waals surface area contributed by atoms with Crippen LogP contribution in [0, 0.1) is 5.41 Å². The Kier molecular flexibility index (Phi) is 5.55. The number of nitrogens with zero attached hydrogens (tertiary/aromatic N) is 1. The number of anilines is 1. The fourth-order valence-electron chi connectivity index (χ4n) is 3.46. The Hall–Kier alpha value is -1.47. The summed E-state index contributed by atoms with van der Waals surface area (Å²) < 4.78 is 31.3. The van der Waals surface area contributed by atoms with E-state index >= 15 is 0 Å². The zero-order valence-corrected chi connectivity index (χ0v) is 17.7. The third-order valence-corrected chi connectivity index (χ3v) is 5.30. The van der Waals surface area contributed by atoms with E-state index in [0.717, 1.165) is 12.7 Å². The van der Waals surface area contributed by atoms with Crippen molar-refractivity contribution in [1.29, 1.82) is 0 Å². The van der Waals surface area contributed by atoms with Gasteiger partial charge in [-0.1, -0.05) is 32.4 Å². The average molecular weight is 403 g/mol. The second-order valence-electron chi connectivity index (χ2n) is 8.62. The predicted molar refractivity (Wildman–Crippen MR) is 104 cm³/mol. The molecule has 1 aromatic rings. The van der Waals surface area contributed by atoms with Crippen LogP contribution in [0.2, 0.25) is 5.02 Å². The van der Waals surface area contributed by atoms with Gasteiger partial charge in [0.2, 0.25) is 10.0 Å². The number of amides is 1. The molecule has 1 aliphatic heterocycles. The van der Waals surface area contributed by atoms with Gasteiger partial charge in [0.25, 0.3) is 5.91 Å². The molecule has 0 saturated carbocycles. The topological polar surface area (TPSA) is 75.7 Å². The molecule has 0 fully saturated rings. The number of rotatable bonds is 4. The summed E-state index contributed by atoms with van der Waals surface area (Å²) in [4.78, 5) is 12.8. The van der Waals surface area contributed by atoms with E-state index in [4.69, 9.17) is 16.3 Å². The van der Waals surface area contributed by atoms with Gasteiger partial charge in [-0.15, -0.1) is 0 Å². The van der Waals surface area contributed by atoms with E-state index in [0.29, 0.717) is 16.5 Å². The fourth-order valence-corrected chi connectivity index (χ4v) is 4.53. The Morgan fingerprint density at radius 3 is 2.46 bits per heavy atom. The van der Waals surface area contributed by atoms with E-state index in [1.165, 1.54) is 10.4 Å². The minimum absolute atomic E-state index is 0.0341. The highest BCUT2D eigenvalue weighted by Crippen LogP contribution is 2.37. The van der Waals surface area contributed by atoms with Gasteiger partial charge in [-0.25, -0.2) is 8.42 Å². The summed E-state index contributed by atoms with van der Waals surface area (Å²) in [7, 11) is -3.58. The molecule has 6 nitrogen and oxygen atoms in total. The molecule has 146 valence electrons. The summed E-state index contributed by atoms with van der Waals surface area (Å²) in [5.74, 6) is -0.0200. The van der Waals surface area contributed by atoms with Crippen molar-refractivity contribution in [2.75, 3.05) is 17.1 Å². The maximum atomic E-state index is 12.8. The zero-order chi connectivity index (χ0) is 19.9. The lowest BCUT2D eigenvalue weighted by Gasteiger charge is -2.37. The van der Waals surface area contributed by atoms with Crippen molar-refractivity contribution in [3.8, 4) is 5.75 Å². The van der Waals surface area contributed by atoms with Crippen LogP contribution >= 0.6 is 11.6 Å². The number of ether oxygens (including phenoxy) is 1. The SMILES string of the molecule is CC(C)(C)CC(C)(C)NC(=O)[C@H]1CN(S(C)(=O)=O)c2cc(Cl)ccc2O1. The zero-order valence-electron chi connectivity index (χ0n) is 16.1. The van der Waals surface area contributed by atoms with E-state index in [9.17, 15) is 13.2 Å². The first kappa shape index (κ1) is 20.8. The maximum Gasteiger partial charge on any atom is 0.263 e. The van der Waals surface area contributed by atoms with Crippen LogP contribution in [0.5, 0.6) is 5.75 Å². The molecule has 0 aliphatic carbocycles. The minimum Gasteiger partial charge on any atom is -0.476 e. The smallest absolute Gasteiger partial charge is 0.263 e. The van der Waals surface area contributed by atoms with Gasteiger partial charge in [-0.05, 0) is 43.9 Å². The molecule has 1 atom stereocenters. The molecule has 1 aromatic carbocycles. The van der Waals surface area contributed by atoms with E-state index < -0.39 is 21.7 Å². The largest absolute Gasteiger partial charge is 0.476 e. The van der Waals surface area contributed by atoms with Crippen molar-refractivity contribution in [3.05, 3.63) is 23.2 Å². The molecule has 2 rings (SSSR count). The van der Waals surface area contributed by atoms with Gasteiger partial charge in [0.1, 0.15) is 5.75 Å². The monoisotopic (exact) mass is 402 g/mol. The van der Waals surface area contributed by atoms with Crippen LogP contribution in [0.1, 0.15) is 41.0 Å². The summed E-state index contributed by atoms with van der Waals surface area (Å²) >= 11 is 5.98. The molecule has 0 unspecified atom stereocenters. The van der Waals surface area contributed by atoms with Gasteiger partial charge in [0, 0.05) is 10.6 Å². The van der Waals surface area contributed by atoms with Crippen LogP contribution in [0.25, 0.3) is 0 Å². The van der Waals surface area contributed by atoms with Crippen molar-refractivity contribution in [3.63, 3.8) is 0 Å². The van der Waals surface area contributed by atoms with Gasteiger partial charge in [-0.3, -0.25) is 9.10 Å². The molecule has 8 heteroatoms. The van der Waals surface area contributed by atoms with Crippen LogP contribution in [-0.2, 0) is 14.8 Å². The number of carbonyl (C=O) groups is 1. The number of halogens is 1. The number of fused-ring (bicyclic) bond motifs is 1. The van der Waals surface area contributed by atoms with Gasteiger partial charge in [-0.2, -0.15) is 0 Å². The predicted octanol–water partition coefficient (Wildman–Crippen LogP) is 3.20. The molecule has 1 heterocycles. The second-order valence-corrected chi connectivity index (χ2v) is 11.0. The molecule has 0 bridgehead atoms. The first-order chi connectivity index (χ1) is 11.7. The Morgan fingerprint density at radius 2 is 1.92 bits per heavy atom. The van der Waals surface area contributed by atoms with Gasteiger partial charge < -0.3 is 10.1 Å². The maximum absolute atomic E-state index is 12.8. The summed E-state index contributed by atoms with van der Waals surface area (Å²) in [5.41, 5.74) is -0.0701. The fraction of sp³-hybridized carbons (Fsp3) is 0.611. The Morgan fingerprint density at radius 1 is 1.31 bits per heavy atom. The number of hydrogen-bond acceptors (Lipinski definition) is 4. The van der Waals surface area contributed by atoms with Crippen LogP contribution in [0.3, 0.4) is 0 Å². The van der Waals surface area contributed by atoms with E-state index in [1.54, 1.807) is 12.1 Å². The Labute approximate surface area is 160 Å². The number of carbonyl (C=O) groups excluding carboxylic acids is 1. The molecule has 1 aliphatic rings. The quantitative estimate of drug-likeness (QED) is 0.839. The molecule has 0 radical (unpaired) electrons. The number of sulfonamides is 1. The minimum atomic E-state index is -3.58. The Balaban J connectivity index is 2.26. The standard InChI is InChI=1S/C18H27ClN2O4S/c1-17(2,3)11-18(4,5)20-16(22)15-10-21(26(6,23)24)13-9-12(19)7-8-14(13)25-15/h7-9,15H,10-11H2,1-6H3,(H,20,22)/t15-/m1/s1. The molecule has 0 aromatic heterocycles. The van der Waals surface area contributed by atoms with Gasteiger partial charge >= 0.3 is 0 Å². The van der Waals surface area contributed by atoms with Crippen molar-refractivity contribution < 1.29 is 17.9 Å². The molecule has 1 amide bonds.